The highest BCUT2D eigenvalue weighted by molar-refractivity contribution is 5.79. The van der Waals surface area contributed by atoms with Gasteiger partial charge >= 0.3 is 11.9 Å². The molecule has 1 aliphatic rings. The summed E-state index contributed by atoms with van der Waals surface area (Å²) >= 11 is 0. The van der Waals surface area contributed by atoms with E-state index in [0.717, 1.165) is 11.3 Å². The SMILES string of the molecule is Cc1cccc(OCCNCC2CC(F)(F)C(=O)O2)c1. The first-order valence-corrected chi connectivity index (χ1v) is 6.46. The molecule has 0 saturated carbocycles. The van der Waals surface area contributed by atoms with Crippen LogP contribution in [-0.2, 0) is 9.53 Å². The molecule has 0 amide bonds. The molecule has 1 aromatic rings. The number of benzene rings is 1. The number of alkyl halides is 2. The molecule has 110 valence electrons. The number of halogens is 2. The lowest BCUT2D eigenvalue weighted by molar-refractivity contribution is -0.159. The standard InChI is InChI=1S/C14H17F2NO3/c1-10-3-2-4-11(7-10)19-6-5-17-9-12-8-14(15,16)13(18)20-12/h2-4,7,12,17H,5-6,8-9H2,1H3. The number of esters is 1. The molecule has 0 radical (unpaired) electrons. The maximum atomic E-state index is 12.9. The summed E-state index contributed by atoms with van der Waals surface area (Å²) in [7, 11) is 0. The fourth-order valence-electron chi connectivity index (χ4n) is 1.97. The van der Waals surface area contributed by atoms with Gasteiger partial charge in [-0.2, -0.15) is 8.78 Å². The summed E-state index contributed by atoms with van der Waals surface area (Å²) in [5.74, 6) is -4.00. The van der Waals surface area contributed by atoms with Crippen molar-refractivity contribution in [2.24, 2.45) is 0 Å². The first-order chi connectivity index (χ1) is 9.47. The van der Waals surface area contributed by atoms with Crippen molar-refractivity contribution in [1.82, 2.24) is 5.32 Å². The molecule has 1 aromatic carbocycles. The third-order valence-electron chi connectivity index (χ3n) is 2.97. The number of rotatable bonds is 6. The Hall–Kier alpha value is -1.69. The fourth-order valence-corrected chi connectivity index (χ4v) is 1.97. The normalized spacial score (nSPS) is 20.8. The lowest BCUT2D eigenvalue weighted by Gasteiger charge is -2.11. The smallest absolute Gasteiger partial charge is 0.377 e. The van der Waals surface area contributed by atoms with Crippen LogP contribution in [0.15, 0.2) is 24.3 Å². The van der Waals surface area contributed by atoms with Crippen LogP contribution in [0.4, 0.5) is 8.78 Å². The van der Waals surface area contributed by atoms with E-state index in [-0.39, 0.29) is 6.54 Å². The van der Waals surface area contributed by atoms with Crippen LogP contribution >= 0.6 is 0 Å². The average molecular weight is 285 g/mol. The van der Waals surface area contributed by atoms with Crippen LogP contribution in [0.1, 0.15) is 12.0 Å². The van der Waals surface area contributed by atoms with Gasteiger partial charge in [0.25, 0.3) is 0 Å². The predicted molar refractivity (Wildman–Crippen MR) is 69.0 cm³/mol. The Balaban J connectivity index is 1.62. The quantitative estimate of drug-likeness (QED) is 0.641. The predicted octanol–water partition coefficient (Wildman–Crippen LogP) is 1.91. The second-order valence-corrected chi connectivity index (χ2v) is 4.80. The van der Waals surface area contributed by atoms with Crippen LogP contribution in [0.2, 0.25) is 0 Å². The highest BCUT2D eigenvalue weighted by atomic mass is 19.3. The summed E-state index contributed by atoms with van der Waals surface area (Å²) in [5.41, 5.74) is 1.11. The van der Waals surface area contributed by atoms with Crippen LogP contribution in [0.5, 0.6) is 5.75 Å². The van der Waals surface area contributed by atoms with Crippen molar-refractivity contribution in [2.75, 3.05) is 19.7 Å². The van der Waals surface area contributed by atoms with Crippen molar-refractivity contribution in [3.8, 4) is 5.75 Å². The number of carbonyl (C=O) groups is 1. The lowest BCUT2D eigenvalue weighted by atomic mass is 10.2. The molecule has 1 aliphatic heterocycles. The maximum absolute atomic E-state index is 12.9. The van der Waals surface area contributed by atoms with Gasteiger partial charge in [0, 0.05) is 13.1 Å². The molecular formula is C14H17F2NO3. The van der Waals surface area contributed by atoms with E-state index in [1.54, 1.807) is 0 Å². The van der Waals surface area contributed by atoms with Gasteiger partial charge < -0.3 is 14.8 Å². The monoisotopic (exact) mass is 285 g/mol. The first-order valence-electron chi connectivity index (χ1n) is 6.46. The zero-order chi connectivity index (χ0) is 14.6. The van der Waals surface area contributed by atoms with Crippen molar-refractivity contribution in [1.29, 1.82) is 0 Å². The number of ether oxygens (including phenoxy) is 2. The number of aryl methyl sites for hydroxylation is 1. The number of cyclic esters (lactones) is 1. The van der Waals surface area contributed by atoms with Gasteiger partial charge in [-0.05, 0) is 24.6 Å². The van der Waals surface area contributed by atoms with Crippen molar-refractivity contribution in [3.63, 3.8) is 0 Å². The Morgan fingerprint density at radius 3 is 2.95 bits per heavy atom. The van der Waals surface area contributed by atoms with Crippen LogP contribution in [0.25, 0.3) is 0 Å². The van der Waals surface area contributed by atoms with Gasteiger partial charge in [0.05, 0.1) is 6.42 Å². The summed E-state index contributed by atoms with van der Waals surface area (Å²) in [5, 5.41) is 2.93. The molecule has 0 spiro atoms. The van der Waals surface area contributed by atoms with Crippen molar-refractivity contribution in [2.45, 2.75) is 25.4 Å². The molecule has 0 bridgehead atoms. The second-order valence-electron chi connectivity index (χ2n) is 4.80. The topological polar surface area (TPSA) is 47.6 Å². The van der Waals surface area contributed by atoms with E-state index >= 15 is 0 Å². The molecule has 1 heterocycles. The van der Waals surface area contributed by atoms with Gasteiger partial charge in [0.15, 0.2) is 0 Å². The molecular weight excluding hydrogens is 268 g/mol. The molecule has 1 atom stereocenters. The first kappa shape index (κ1) is 14.7. The Kier molecular flexibility index (Phi) is 4.54. The van der Waals surface area contributed by atoms with E-state index in [1.807, 2.05) is 31.2 Å². The molecule has 20 heavy (non-hydrogen) atoms. The molecule has 4 nitrogen and oxygen atoms in total. The number of hydrogen-bond acceptors (Lipinski definition) is 4. The zero-order valence-electron chi connectivity index (χ0n) is 11.2. The minimum atomic E-state index is -3.34. The van der Waals surface area contributed by atoms with Crippen LogP contribution in [0, 0.1) is 6.92 Å². The fraction of sp³-hybridized carbons (Fsp3) is 0.500. The lowest BCUT2D eigenvalue weighted by Crippen LogP contribution is -2.30. The van der Waals surface area contributed by atoms with E-state index in [9.17, 15) is 13.6 Å². The third-order valence-corrected chi connectivity index (χ3v) is 2.97. The van der Waals surface area contributed by atoms with E-state index in [1.165, 1.54) is 0 Å². The number of carbonyl (C=O) groups excluding carboxylic acids is 1. The van der Waals surface area contributed by atoms with Gasteiger partial charge in [0.2, 0.25) is 0 Å². The molecule has 6 heteroatoms. The van der Waals surface area contributed by atoms with E-state index in [0.29, 0.717) is 13.2 Å². The Labute approximate surface area is 116 Å². The Morgan fingerprint density at radius 2 is 2.30 bits per heavy atom. The molecule has 1 N–H and O–H groups in total. The van der Waals surface area contributed by atoms with Crippen molar-refractivity contribution < 1.29 is 23.0 Å². The van der Waals surface area contributed by atoms with Crippen molar-refractivity contribution >= 4 is 5.97 Å². The summed E-state index contributed by atoms with van der Waals surface area (Å²) < 4.78 is 35.9. The number of nitrogens with one attached hydrogen (secondary N) is 1. The maximum Gasteiger partial charge on any atom is 0.377 e. The third kappa shape index (κ3) is 3.90. The zero-order valence-corrected chi connectivity index (χ0v) is 11.2. The van der Waals surface area contributed by atoms with Gasteiger partial charge in [-0.1, -0.05) is 12.1 Å². The van der Waals surface area contributed by atoms with E-state index < -0.39 is 24.4 Å². The summed E-state index contributed by atoms with van der Waals surface area (Å²) in [6.45, 7) is 3.09. The van der Waals surface area contributed by atoms with Gasteiger partial charge in [-0.3, -0.25) is 0 Å². The minimum absolute atomic E-state index is 0.207. The Bertz CT molecular complexity index is 479. The van der Waals surface area contributed by atoms with Gasteiger partial charge in [-0.25, -0.2) is 4.79 Å². The molecule has 1 saturated heterocycles. The summed E-state index contributed by atoms with van der Waals surface area (Å²) in [6, 6.07) is 7.64. The van der Waals surface area contributed by atoms with E-state index in [4.69, 9.17) is 4.74 Å². The Morgan fingerprint density at radius 1 is 1.50 bits per heavy atom. The average Bonchev–Trinajstić information content (AvgIpc) is 2.63. The van der Waals surface area contributed by atoms with Crippen LogP contribution < -0.4 is 10.1 Å². The highest BCUT2D eigenvalue weighted by Gasteiger charge is 2.50. The highest BCUT2D eigenvalue weighted by Crippen LogP contribution is 2.30. The van der Waals surface area contributed by atoms with Crippen molar-refractivity contribution in [3.05, 3.63) is 29.8 Å². The number of hydrogen-bond donors (Lipinski definition) is 1. The molecule has 0 aromatic heterocycles. The molecule has 1 fully saturated rings. The second kappa shape index (κ2) is 6.17. The molecule has 1 unspecified atom stereocenters. The summed E-state index contributed by atoms with van der Waals surface area (Å²) in [6.07, 6.45) is -1.33. The van der Waals surface area contributed by atoms with E-state index in [2.05, 4.69) is 10.1 Å². The summed E-state index contributed by atoms with van der Waals surface area (Å²) in [4.78, 5) is 10.8. The molecule has 2 rings (SSSR count). The molecule has 0 aliphatic carbocycles. The van der Waals surface area contributed by atoms with Gasteiger partial charge in [0.1, 0.15) is 18.5 Å². The van der Waals surface area contributed by atoms with Gasteiger partial charge in [-0.15, -0.1) is 0 Å². The van der Waals surface area contributed by atoms with Crippen LogP contribution in [0.3, 0.4) is 0 Å². The van der Waals surface area contributed by atoms with Crippen LogP contribution in [-0.4, -0.2) is 37.7 Å². The largest absolute Gasteiger partial charge is 0.492 e. The minimum Gasteiger partial charge on any atom is -0.492 e.